The summed E-state index contributed by atoms with van der Waals surface area (Å²) < 4.78 is 15.7. The predicted octanol–water partition coefficient (Wildman–Crippen LogP) is 2.78. The Hall–Kier alpha value is -2.63. The van der Waals surface area contributed by atoms with Crippen molar-refractivity contribution in [3.8, 4) is 11.5 Å². The minimum Gasteiger partial charge on any atom is -0.497 e. The van der Waals surface area contributed by atoms with Crippen LogP contribution in [-0.2, 0) is 11.3 Å². The first-order valence-electron chi connectivity index (χ1n) is 7.16. The fourth-order valence-electron chi connectivity index (χ4n) is 2.08. The summed E-state index contributed by atoms with van der Waals surface area (Å²) in [7, 11) is 3.03. The van der Waals surface area contributed by atoms with Crippen LogP contribution in [0.3, 0.4) is 0 Å². The van der Waals surface area contributed by atoms with E-state index in [0.29, 0.717) is 22.8 Å². The molecule has 1 aromatic carbocycles. The van der Waals surface area contributed by atoms with Gasteiger partial charge in [-0.05, 0) is 39.0 Å². The molecule has 0 saturated heterocycles. The first kappa shape index (κ1) is 16.7. The molecule has 0 bridgehead atoms. The van der Waals surface area contributed by atoms with Gasteiger partial charge in [0, 0.05) is 0 Å². The normalized spacial score (nSPS) is 10.3. The number of rotatable bonds is 5. The van der Waals surface area contributed by atoms with Crippen molar-refractivity contribution >= 4 is 5.97 Å². The van der Waals surface area contributed by atoms with Gasteiger partial charge in [-0.25, -0.2) is 4.79 Å². The van der Waals surface area contributed by atoms with Crippen LogP contribution in [0.2, 0.25) is 0 Å². The first-order chi connectivity index (χ1) is 11.0. The third-order valence-electron chi connectivity index (χ3n) is 3.55. The molecular weight excluding hydrogens is 296 g/mol. The largest absolute Gasteiger partial charge is 0.497 e. The van der Waals surface area contributed by atoms with Gasteiger partial charge in [0.05, 0.1) is 37.0 Å². The van der Waals surface area contributed by atoms with Gasteiger partial charge in [-0.15, -0.1) is 0 Å². The van der Waals surface area contributed by atoms with Crippen molar-refractivity contribution in [3.63, 3.8) is 0 Å². The lowest BCUT2D eigenvalue weighted by Gasteiger charge is -2.11. The van der Waals surface area contributed by atoms with Crippen molar-refractivity contribution in [1.82, 2.24) is 9.97 Å². The van der Waals surface area contributed by atoms with E-state index in [9.17, 15) is 4.79 Å². The summed E-state index contributed by atoms with van der Waals surface area (Å²) in [5, 5.41) is 0. The second kappa shape index (κ2) is 7.09. The van der Waals surface area contributed by atoms with E-state index in [1.165, 1.54) is 14.2 Å². The molecule has 0 spiro atoms. The lowest BCUT2D eigenvalue weighted by Crippen LogP contribution is -2.10. The van der Waals surface area contributed by atoms with Crippen molar-refractivity contribution in [3.05, 3.63) is 46.5 Å². The Labute approximate surface area is 135 Å². The molecule has 0 aliphatic carbocycles. The molecule has 2 rings (SSSR count). The summed E-state index contributed by atoms with van der Waals surface area (Å²) >= 11 is 0. The summed E-state index contributed by atoms with van der Waals surface area (Å²) in [4.78, 5) is 21.1. The van der Waals surface area contributed by atoms with Crippen LogP contribution in [0.15, 0.2) is 18.2 Å². The highest BCUT2D eigenvalue weighted by atomic mass is 16.5. The molecule has 0 aliphatic rings. The summed E-state index contributed by atoms with van der Waals surface area (Å²) in [5.74, 6) is 0.485. The van der Waals surface area contributed by atoms with E-state index in [1.54, 1.807) is 18.2 Å². The van der Waals surface area contributed by atoms with Crippen molar-refractivity contribution in [2.45, 2.75) is 27.4 Å². The average molecular weight is 316 g/mol. The number of hydrogen-bond donors (Lipinski definition) is 0. The summed E-state index contributed by atoms with van der Waals surface area (Å²) in [6, 6.07) is 4.96. The number of hydrogen-bond acceptors (Lipinski definition) is 6. The first-order valence-corrected chi connectivity index (χ1v) is 7.16. The van der Waals surface area contributed by atoms with E-state index >= 15 is 0 Å². The van der Waals surface area contributed by atoms with Gasteiger partial charge in [-0.1, -0.05) is 0 Å². The number of aromatic nitrogens is 2. The van der Waals surface area contributed by atoms with Gasteiger partial charge in [0.2, 0.25) is 0 Å². The molecule has 23 heavy (non-hydrogen) atoms. The maximum absolute atomic E-state index is 12.3. The Morgan fingerprint density at radius 1 is 1.00 bits per heavy atom. The van der Waals surface area contributed by atoms with Gasteiger partial charge in [-0.2, -0.15) is 0 Å². The quantitative estimate of drug-likeness (QED) is 0.790. The zero-order chi connectivity index (χ0) is 17.0. The highest BCUT2D eigenvalue weighted by Gasteiger charge is 2.16. The number of carbonyl (C=O) groups excluding carboxylic acids is 1. The van der Waals surface area contributed by atoms with Crippen LogP contribution in [0, 0.1) is 20.8 Å². The third-order valence-corrected chi connectivity index (χ3v) is 3.55. The van der Waals surface area contributed by atoms with Crippen molar-refractivity contribution in [2.75, 3.05) is 14.2 Å². The monoisotopic (exact) mass is 316 g/mol. The predicted molar refractivity (Wildman–Crippen MR) is 84.9 cm³/mol. The summed E-state index contributed by atoms with van der Waals surface area (Å²) in [5.41, 5.74) is 3.38. The van der Waals surface area contributed by atoms with Crippen LogP contribution in [0.4, 0.5) is 0 Å². The molecule has 0 atom stereocenters. The minimum absolute atomic E-state index is 0.0547. The van der Waals surface area contributed by atoms with Crippen LogP contribution >= 0.6 is 0 Å². The lowest BCUT2D eigenvalue weighted by atomic mass is 10.2. The van der Waals surface area contributed by atoms with E-state index < -0.39 is 5.97 Å². The van der Waals surface area contributed by atoms with Crippen molar-refractivity contribution in [2.24, 2.45) is 0 Å². The second-order valence-electron chi connectivity index (χ2n) is 5.07. The zero-order valence-corrected chi connectivity index (χ0v) is 14.0. The molecule has 0 aliphatic heterocycles. The molecule has 1 aromatic heterocycles. The fourth-order valence-corrected chi connectivity index (χ4v) is 2.08. The molecule has 6 heteroatoms. The highest BCUT2D eigenvalue weighted by molar-refractivity contribution is 5.93. The van der Waals surface area contributed by atoms with E-state index in [-0.39, 0.29) is 6.61 Å². The number of aryl methyl sites for hydroxylation is 3. The van der Waals surface area contributed by atoms with Gasteiger partial charge in [-0.3, -0.25) is 9.97 Å². The van der Waals surface area contributed by atoms with Gasteiger partial charge in [0.15, 0.2) is 0 Å². The van der Waals surface area contributed by atoms with Gasteiger partial charge < -0.3 is 14.2 Å². The number of esters is 1. The molecule has 0 radical (unpaired) electrons. The Kier molecular flexibility index (Phi) is 5.16. The van der Waals surface area contributed by atoms with Crippen LogP contribution in [0.25, 0.3) is 0 Å². The number of nitrogens with zero attached hydrogens (tertiary/aromatic N) is 2. The van der Waals surface area contributed by atoms with E-state index in [4.69, 9.17) is 14.2 Å². The standard InChI is InChI=1S/C17H20N2O4/c1-10-11(2)19-15(12(3)18-10)9-23-17(20)14-8-13(21-4)6-7-16(14)22-5/h6-8H,9H2,1-5H3. The molecule has 0 N–H and O–H groups in total. The molecule has 0 amide bonds. The maximum Gasteiger partial charge on any atom is 0.342 e. The van der Waals surface area contributed by atoms with Gasteiger partial charge >= 0.3 is 5.97 Å². The molecule has 6 nitrogen and oxygen atoms in total. The van der Waals surface area contributed by atoms with Crippen LogP contribution in [0.1, 0.15) is 33.1 Å². The Morgan fingerprint density at radius 2 is 1.70 bits per heavy atom. The second-order valence-corrected chi connectivity index (χ2v) is 5.07. The van der Waals surface area contributed by atoms with E-state index in [2.05, 4.69) is 9.97 Å². The molecule has 2 aromatic rings. The van der Waals surface area contributed by atoms with Crippen LogP contribution in [0.5, 0.6) is 11.5 Å². The van der Waals surface area contributed by atoms with E-state index in [1.807, 2.05) is 20.8 Å². The Balaban J connectivity index is 2.18. The number of methoxy groups -OCH3 is 2. The minimum atomic E-state index is -0.500. The van der Waals surface area contributed by atoms with Gasteiger partial charge in [0.25, 0.3) is 0 Å². The smallest absolute Gasteiger partial charge is 0.342 e. The number of benzene rings is 1. The summed E-state index contributed by atoms with van der Waals surface area (Å²) in [6.07, 6.45) is 0. The molecule has 0 fully saturated rings. The SMILES string of the molecule is COc1ccc(OC)c(C(=O)OCc2nc(C)c(C)nc2C)c1. The fraction of sp³-hybridized carbons (Fsp3) is 0.353. The maximum atomic E-state index is 12.3. The molecule has 122 valence electrons. The van der Waals surface area contributed by atoms with Crippen molar-refractivity contribution in [1.29, 1.82) is 0 Å². The topological polar surface area (TPSA) is 70.5 Å². The zero-order valence-electron chi connectivity index (χ0n) is 14.0. The number of ether oxygens (including phenoxy) is 3. The lowest BCUT2D eigenvalue weighted by molar-refractivity contribution is 0.0462. The molecule has 0 saturated carbocycles. The van der Waals surface area contributed by atoms with Crippen LogP contribution < -0.4 is 9.47 Å². The number of carbonyl (C=O) groups is 1. The average Bonchev–Trinajstić information content (AvgIpc) is 2.56. The third kappa shape index (κ3) is 3.77. The Morgan fingerprint density at radius 3 is 2.35 bits per heavy atom. The van der Waals surface area contributed by atoms with Crippen LogP contribution in [-0.4, -0.2) is 30.2 Å². The molecule has 1 heterocycles. The van der Waals surface area contributed by atoms with Crippen molar-refractivity contribution < 1.29 is 19.0 Å². The van der Waals surface area contributed by atoms with Gasteiger partial charge in [0.1, 0.15) is 23.7 Å². The Bertz CT molecular complexity index is 729. The molecular formula is C17H20N2O4. The summed E-state index contributed by atoms with van der Waals surface area (Å²) in [6.45, 7) is 5.66. The highest BCUT2D eigenvalue weighted by Crippen LogP contribution is 2.25. The van der Waals surface area contributed by atoms with E-state index in [0.717, 1.165) is 17.1 Å². The molecule has 0 unspecified atom stereocenters.